The van der Waals surface area contributed by atoms with Crippen LogP contribution in [0.25, 0.3) is 0 Å². The van der Waals surface area contributed by atoms with Crippen molar-refractivity contribution in [2.75, 3.05) is 20.1 Å². The van der Waals surface area contributed by atoms with Gasteiger partial charge in [-0.2, -0.15) is 0 Å². The highest BCUT2D eigenvalue weighted by molar-refractivity contribution is 5.78. The van der Waals surface area contributed by atoms with Crippen LogP contribution in [0.3, 0.4) is 0 Å². The van der Waals surface area contributed by atoms with Crippen LogP contribution >= 0.6 is 0 Å². The fourth-order valence-corrected chi connectivity index (χ4v) is 4.25. The molecule has 2 aromatic rings. The van der Waals surface area contributed by atoms with Crippen LogP contribution in [0.5, 0.6) is 0 Å². The van der Waals surface area contributed by atoms with Crippen LogP contribution in [0.4, 0.5) is 0 Å². The van der Waals surface area contributed by atoms with Gasteiger partial charge in [0.2, 0.25) is 5.91 Å². The van der Waals surface area contributed by atoms with Gasteiger partial charge >= 0.3 is 0 Å². The van der Waals surface area contributed by atoms with Crippen molar-refractivity contribution in [1.29, 1.82) is 0 Å². The molecule has 0 bridgehead atoms. The summed E-state index contributed by atoms with van der Waals surface area (Å²) in [6.07, 6.45) is 6.18. The summed E-state index contributed by atoms with van der Waals surface area (Å²) >= 11 is 0. The van der Waals surface area contributed by atoms with Crippen molar-refractivity contribution in [3.05, 3.63) is 53.1 Å². The Morgan fingerprint density at radius 3 is 3.04 bits per heavy atom. The molecule has 132 valence electrons. The van der Waals surface area contributed by atoms with Crippen molar-refractivity contribution in [2.45, 2.75) is 38.3 Å². The molecule has 25 heavy (non-hydrogen) atoms. The fraction of sp³-hybridized carbons (Fsp3) is 0.500. The molecule has 0 N–H and O–H groups in total. The molecule has 1 aromatic heterocycles. The first-order valence-electron chi connectivity index (χ1n) is 9.18. The molecule has 0 radical (unpaired) electrons. The van der Waals surface area contributed by atoms with Gasteiger partial charge in [-0.15, -0.1) is 0 Å². The van der Waals surface area contributed by atoms with E-state index in [0.717, 1.165) is 44.5 Å². The van der Waals surface area contributed by atoms with E-state index >= 15 is 0 Å². The Morgan fingerprint density at radius 2 is 2.16 bits per heavy atom. The summed E-state index contributed by atoms with van der Waals surface area (Å²) in [5.41, 5.74) is 5.15. The summed E-state index contributed by atoms with van der Waals surface area (Å²) < 4.78 is 2.10. The highest BCUT2D eigenvalue weighted by atomic mass is 16.2. The van der Waals surface area contributed by atoms with Gasteiger partial charge in [-0.3, -0.25) is 9.69 Å². The third-order valence-electron chi connectivity index (χ3n) is 5.74. The van der Waals surface area contributed by atoms with Gasteiger partial charge < -0.3 is 9.47 Å². The number of likely N-dealkylation sites (N-methyl/N-ethyl adjacent to an activating group) is 1. The third-order valence-corrected chi connectivity index (χ3v) is 5.74. The van der Waals surface area contributed by atoms with E-state index in [-0.39, 0.29) is 11.9 Å². The summed E-state index contributed by atoms with van der Waals surface area (Å²) in [6, 6.07) is 8.79. The molecule has 0 saturated heterocycles. The lowest BCUT2D eigenvalue weighted by Gasteiger charge is -2.35. The Bertz CT molecular complexity index is 782. The molecule has 4 rings (SSSR count). The van der Waals surface area contributed by atoms with Gasteiger partial charge in [0.1, 0.15) is 0 Å². The quantitative estimate of drug-likeness (QED) is 0.862. The number of amides is 1. The summed E-state index contributed by atoms with van der Waals surface area (Å²) in [4.78, 5) is 21.6. The van der Waals surface area contributed by atoms with Crippen LogP contribution in [0.2, 0.25) is 0 Å². The van der Waals surface area contributed by atoms with Gasteiger partial charge in [0.05, 0.1) is 24.6 Å². The second-order valence-corrected chi connectivity index (χ2v) is 7.32. The molecule has 0 unspecified atom stereocenters. The number of carbonyl (C=O) groups is 1. The number of imidazole rings is 1. The minimum absolute atomic E-state index is 0.209. The lowest BCUT2D eigenvalue weighted by molar-refractivity contribution is -0.133. The van der Waals surface area contributed by atoms with E-state index in [9.17, 15) is 4.79 Å². The monoisotopic (exact) mass is 338 g/mol. The lowest BCUT2D eigenvalue weighted by atomic mass is 9.87. The van der Waals surface area contributed by atoms with Crippen LogP contribution in [-0.4, -0.2) is 45.4 Å². The smallest absolute Gasteiger partial charge is 0.237 e. The largest absolute Gasteiger partial charge is 0.338 e. The van der Waals surface area contributed by atoms with Gasteiger partial charge in [-0.05, 0) is 30.4 Å². The average Bonchev–Trinajstić information content (AvgIpc) is 3.01. The van der Waals surface area contributed by atoms with E-state index in [0.29, 0.717) is 6.54 Å². The fourth-order valence-electron chi connectivity index (χ4n) is 4.25. The highest BCUT2D eigenvalue weighted by Crippen LogP contribution is 2.33. The van der Waals surface area contributed by atoms with Crippen molar-refractivity contribution < 1.29 is 4.79 Å². The minimum atomic E-state index is 0.209. The van der Waals surface area contributed by atoms with Gasteiger partial charge in [-0.25, -0.2) is 4.98 Å². The Balaban J connectivity index is 1.44. The molecule has 1 aliphatic carbocycles. The number of benzene rings is 1. The topological polar surface area (TPSA) is 41.4 Å². The van der Waals surface area contributed by atoms with E-state index in [2.05, 4.69) is 38.7 Å². The van der Waals surface area contributed by atoms with Crippen molar-refractivity contribution in [3.8, 4) is 0 Å². The van der Waals surface area contributed by atoms with Crippen molar-refractivity contribution in [3.63, 3.8) is 0 Å². The van der Waals surface area contributed by atoms with Crippen molar-refractivity contribution in [1.82, 2.24) is 19.4 Å². The minimum Gasteiger partial charge on any atom is -0.338 e. The Kier molecular flexibility index (Phi) is 4.34. The Morgan fingerprint density at radius 1 is 1.32 bits per heavy atom. The van der Waals surface area contributed by atoms with Crippen LogP contribution in [-0.2, 0) is 31.2 Å². The van der Waals surface area contributed by atoms with Crippen LogP contribution in [0.1, 0.15) is 41.4 Å². The second kappa shape index (κ2) is 6.64. The maximum atomic E-state index is 12.9. The number of aromatic nitrogens is 2. The first-order chi connectivity index (χ1) is 12.1. The summed E-state index contributed by atoms with van der Waals surface area (Å²) in [7, 11) is 4.01. The molecule has 2 aliphatic rings. The number of hydrogen-bond acceptors (Lipinski definition) is 3. The van der Waals surface area contributed by atoms with E-state index < -0.39 is 0 Å². The van der Waals surface area contributed by atoms with E-state index in [4.69, 9.17) is 0 Å². The van der Waals surface area contributed by atoms with Crippen LogP contribution in [0, 0.1) is 0 Å². The molecular formula is C20H26N4O. The summed E-state index contributed by atoms with van der Waals surface area (Å²) in [6.45, 7) is 2.18. The van der Waals surface area contributed by atoms with E-state index in [1.54, 1.807) is 0 Å². The Labute approximate surface area is 149 Å². The molecule has 1 aromatic carbocycles. The maximum Gasteiger partial charge on any atom is 0.237 e. The number of carbonyl (C=O) groups excluding carboxylic acids is 1. The second-order valence-electron chi connectivity index (χ2n) is 7.32. The number of aryl methyl sites for hydroxylation is 2. The highest BCUT2D eigenvalue weighted by Gasteiger charge is 2.28. The molecule has 1 atom stereocenters. The molecule has 0 saturated carbocycles. The first kappa shape index (κ1) is 16.3. The van der Waals surface area contributed by atoms with Crippen molar-refractivity contribution in [2.24, 2.45) is 7.05 Å². The summed E-state index contributed by atoms with van der Waals surface area (Å²) in [5, 5.41) is 0. The number of rotatable bonds is 3. The molecule has 0 spiro atoms. The molecular weight excluding hydrogens is 312 g/mol. The maximum absolute atomic E-state index is 12.9. The van der Waals surface area contributed by atoms with E-state index in [1.165, 1.54) is 16.8 Å². The zero-order valence-corrected chi connectivity index (χ0v) is 15.1. The zero-order valence-electron chi connectivity index (χ0n) is 15.1. The predicted octanol–water partition coefficient (Wildman–Crippen LogP) is 2.31. The van der Waals surface area contributed by atoms with Gasteiger partial charge in [-0.1, -0.05) is 24.3 Å². The normalized spacial score (nSPS) is 20.0. The first-order valence-corrected chi connectivity index (χ1v) is 9.18. The summed E-state index contributed by atoms with van der Waals surface area (Å²) in [5.74, 6) is 0.209. The number of nitrogens with zero attached hydrogens (tertiary/aromatic N) is 4. The predicted molar refractivity (Wildman–Crippen MR) is 97.1 cm³/mol. The molecule has 5 heteroatoms. The zero-order chi connectivity index (χ0) is 17.4. The van der Waals surface area contributed by atoms with Gasteiger partial charge in [0.15, 0.2) is 0 Å². The van der Waals surface area contributed by atoms with E-state index in [1.807, 2.05) is 25.3 Å². The van der Waals surface area contributed by atoms with Crippen LogP contribution < -0.4 is 0 Å². The van der Waals surface area contributed by atoms with Gasteiger partial charge in [0, 0.05) is 39.3 Å². The Hall–Kier alpha value is -2.14. The molecule has 5 nitrogen and oxygen atoms in total. The third kappa shape index (κ3) is 3.09. The molecule has 0 fully saturated rings. The molecule has 2 heterocycles. The number of fused-ring (bicyclic) bond motifs is 2. The van der Waals surface area contributed by atoms with Crippen LogP contribution in [0.15, 0.2) is 30.6 Å². The standard InChI is InChI=1S/C20H26N4O/c1-22-14-21-17-12-24(11-10-19(17)22)13-20(25)23(2)18-9-5-7-15-6-3-4-8-16(15)18/h3-4,6,8,14,18H,5,7,9-13H2,1-2H3/t18-/m0/s1. The molecule has 1 amide bonds. The lowest BCUT2D eigenvalue weighted by Crippen LogP contribution is -2.42. The van der Waals surface area contributed by atoms with Crippen molar-refractivity contribution >= 4 is 5.91 Å². The average molecular weight is 338 g/mol. The number of hydrogen-bond donors (Lipinski definition) is 0. The molecule has 1 aliphatic heterocycles. The SMILES string of the molecule is CN(C(=O)CN1CCc2c(ncn2C)C1)[C@H]1CCCc2ccccc21. The van der Waals surface area contributed by atoms with Gasteiger partial charge in [0.25, 0.3) is 0 Å².